The van der Waals surface area contributed by atoms with E-state index < -0.39 is 0 Å². The fourth-order valence-corrected chi connectivity index (χ4v) is 2.73. The first-order valence-corrected chi connectivity index (χ1v) is 8.92. The van der Waals surface area contributed by atoms with E-state index in [2.05, 4.69) is 15.5 Å². The van der Waals surface area contributed by atoms with Gasteiger partial charge in [-0.2, -0.15) is 0 Å². The Hall–Kier alpha value is -4.00. The number of benzene rings is 3. The molecule has 1 N–H and O–H groups in total. The Kier molecular flexibility index (Phi) is 5.29. The fourth-order valence-electron chi connectivity index (χ4n) is 2.73. The third-order valence-corrected chi connectivity index (χ3v) is 4.31. The maximum atomic E-state index is 13.6. The van der Waals surface area contributed by atoms with Gasteiger partial charge in [0.15, 0.2) is 0 Å². The molecule has 0 spiro atoms. The van der Waals surface area contributed by atoms with Crippen LogP contribution in [0.1, 0.15) is 15.9 Å². The van der Waals surface area contributed by atoms with E-state index in [-0.39, 0.29) is 18.3 Å². The molecule has 0 bridgehead atoms. The van der Waals surface area contributed by atoms with E-state index in [4.69, 9.17) is 4.74 Å². The van der Waals surface area contributed by atoms with Gasteiger partial charge < -0.3 is 10.1 Å². The zero-order valence-corrected chi connectivity index (χ0v) is 15.3. The van der Waals surface area contributed by atoms with Crippen LogP contribution in [0.4, 0.5) is 10.1 Å². The zero-order valence-electron chi connectivity index (χ0n) is 15.3. The summed E-state index contributed by atoms with van der Waals surface area (Å²) in [6, 6.07) is 20.5. The van der Waals surface area contributed by atoms with E-state index in [9.17, 15) is 9.18 Å². The van der Waals surface area contributed by atoms with Crippen LogP contribution in [0.25, 0.3) is 5.69 Å². The first kappa shape index (κ1) is 18.4. The number of halogens is 1. The smallest absolute Gasteiger partial charge is 0.255 e. The Morgan fingerprint density at radius 1 is 0.931 bits per heavy atom. The molecule has 0 aliphatic heterocycles. The van der Waals surface area contributed by atoms with Gasteiger partial charge >= 0.3 is 0 Å². The molecule has 6 nitrogen and oxygen atoms in total. The van der Waals surface area contributed by atoms with Gasteiger partial charge in [0.05, 0.1) is 0 Å². The number of hydrogen-bond donors (Lipinski definition) is 1. The summed E-state index contributed by atoms with van der Waals surface area (Å²) in [7, 11) is 0. The van der Waals surface area contributed by atoms with E-state index in [1.807, 2.05) is 12.1 Å². The Morgan fingerprint density at radius 2 is 1.62 bits per heavy atom. The minimum Gasteiger partial charge on any atom is -0.489 e. The third-order valence-electron chi connectivity index (χ3n) is 4.31. The highest BCUT2D eigenvalue weighted by atomic mass is 19.1. The number of anilines is 1. The molecular formula is C22H17FN4O2. The Morgan fingerprint density at radius 3 is 2.31 bits per heavy atom. The molecule has 144 valence electrons. The number of hydrogen-bond acceptors (Lipinski definition) is 4. The van der Waals surface area contributed by atoms with E-state index in [1.54, 1.807) is 71.8 Å². The van der Waals surface area contributed by atoms with Crippen LogP contribution in [0.3, 0.4) is 0 Å². The van der Waals surface area contributed by atoms with Gasteiger partial charge in [0.1, 0.15) is 30.8 Å². The van der Waals surface area contributed by atoms with Crippen molar-refractivity contribution in [3.63, 3.8) is 0 Å². The van der Waals surface area contributed by atoms with Crippen LogP contribution in [-0.2, 0) is 6.61 Å². The lowest BCUT2D eigenvalue weighted by atomic mass is 10.2. The highest BCUT2D eigenvalue weighted by Crippen LogP contribution is 2.19. The van der Waals surface area contributed by atoms with Crippen molar-refractivity contribution in [3.8, 4) is 11.4 Å². The van der Waals surface area contributed by atoms with Crippen molar-refractivity contribution in [3.05, 3.63) is 102 Å². The molecule has 1 heterocycles. The minimum atomic E-state index is -0.299. The summed E-state index contributed by atoms with van der Waals surface area (Å²) < 4.78 is 21.0. The largest absolute Gasteiger partial charge is 0.489 e. The van der Waals surface area contributed by atoms with Crippen LogP contribution in [0.2, 0.25) is 0 Å². The Balaban J connectivity index is 1.35. The maximum absolute atomic E-state index is 13.6. The van der Waals surface area contributed by atoms with Gasteiger partial charge in [-0.25, -0.2) is 4.39 Å². The maximum Gasteiger partial charge on any atom is 0.255 e. The predicted octanol–water partition coefficient (Wildman–Crippen LogP) is 4.24. The molecule has 0 fully saturated rings. The van der Waals surface area contributed by atoms with Crippen LogP contribution in [0.15, 0.2) is 85.5 Å². The summed E-state index contributed by atoms with van der Waals surface area (Å²) in [6.45, 7) is 0.136. The van der Waals surface area contributed by atoms with Crippen molar-refractivity contribution in [2.45, 2.75) is 6.61 Å². The van der Waals surface area contributed by atoms with Crippen LogP contribution in [-0.4, -0.2) is 20.7 Å². The summed E-state index contributed by atoms with van der Waals surface area (Å²) in [5.74, 6) is 0.0663. The first-order valence-electron chi connectivity index (χ1n) is 8.92. The number of carbonyl (C=O) groups is 1. The SMILES string of the molecule is O=C(Nc1ccc(OCc2ccccc2F)cc1)c1ccc(-n2cnnc2)cc1. The van der Waals surface area contributed by atoms with E-state index in [1.165, 1.54) is 6.07 Å². The van der Waals surface area contributed by atoms with Gasteiger partial charge in [0.2, 0.25) is 0 Å². The van der Waals surface area contributed by atoms with Crippen molar-refractivity contribution in [2.75, 3.05) is 5.32 Å². The lowest BCUT2D eigenvalue weighted by Gasteiger charge is -2.09. The molecule has 1 aromatic heterocycles. The molecule has 1 amide bonds. The normalized spacial score (nSPS) is 10.5. The number of ether oxygens (including phenoxy) is 1. The second-order valence-electron chi connectivity index (χ2n) is 6.27. The van der Waals surface area contributed by atoms with Gasteiger partial charge in [-0.1, -0.05) is 18.2 Å². The van der Waals surface area contributed by atoms with Crippen molar-refractivity contribution < 1.29 is 13.9 Å². The van der Waals surface area contributed by atoms with Crippen LogP contribution in [0.5, 0.6) is 5.75 Å². The lowest BCUT2D eigenvalue weighted by Crippen LogP contribution is -2.11. The number of amides is 1. The quantitative estimate of drug-likeness (QED) is 0.536. The topological polar surface area (TPSA) is 69.0 Å². The molecule has 3 aromatic carbocycles. The first-order chi connectivity index (χ1) is 14.2. The Labute approximate surface area is 166 Å². The molecule has 0 saturated carbocycles. The second-order valence-corrected chi connectivity index (χ2v) is 6.27. The molecule has 7 heteroatoms. The standard InChI is InChI=1S/C22H17FN4O2/c23-21-4-2-1-3-17(21)13-29-20-11-7-18(8-12-20)26-22(28)16-5-9-19(10-6-16)27-14-24-25-15-27/h1-12,14-15H,13H2,(H,26,28). The zero-order chi connectivity index (χ0) is 20.1. The van der Waals surface area contributed by atoms with Gasteiger partial charge in [-0.15, -0.1) is 10.2 Å². The summed E-state index contributed by atoms with van der Waals surface area (Å²) >= 11 is 0. The third kappa shape index (κ3) is 4.47. The fraction of sp³-hybridized carbons (Fsp3) is 0.0455. The average molecular weight is 388 g/mol. The van der Waals surface area contributed by atoms with Gasteiger partial charge in [0.25, 0.3) is 5.91 Å². The molecule has 0 unspecified atom stereocenters. The van der Waals surface area contributed by atoms with Gasteiger partial charge in [-0.3, -0.25) is 9.36 Å². The highest BCUT2D eigenvalue weighted by Gasteiger charge is 2.07. The summed E-state index contributed by atoms with van der Waals surface area (Å²) in [6.07, 6.45) is 3.18. The van der Waals surface area contributed by atoms with Crippen molar-refractivity contribution in [1.29, 1.82) is 0 Å². The molecule has 4 aromatic rings. The van der Waals surface area contributed by atoms with Gasteiger partial charge in [-0.05, 0) is 54.6 Å². The van der Waals surface area contributed by atoms with E-state index in [0.717, 1.165) is 5.69 Å². The highest BCUT2D eigenvalue weighted by molar-refractivity contribution is 6.04. The van der Waals surface area contributed by atoms with E-state index >= 15 is 0 Å². The number of nitrogens with one attached hydrogen (secondary N) is 1. The van der Waals surface area contributed by atoms with Crippen LogP contribution < -0.4 is 10.1 Å². The molecule has 0 atom stereocenters. The monoisotopic (exact) mass is 388 g/mol. The van der Waals surface area contributed by atoms with Gasteiger partial charge in [0, 0.05) is 22.5 Å². The summed E-state index contributed by atoms with van der Waals surface area (Å²) in [5, 5.41) is 10.4. The average Bonchev–Trinajstić information content (AvgIpc) is 3.29. The minimum absolute atomic E-state index is 0.136. The molecule has 0 saturated heterocycles. The number of carbonyl (C=O) groups excluding carboxylic acids is 1. The molecule has 0 radical (unpaired) electrons. The van der Waals surface area contributed by atoms with E-state index in [0.29, 0.717) is 22.6 Å². The number of nitrogens with zero attached hydrogens (tertiary/aromatic N) is 3. The second kappa shape index (κ2) is 8.35. The summed E-state index contributed by atoms with van der Waals surface area (Å²) in [5.41, 5.74) is 2.51. The molecule has 0 aliphatic rings. The Bertz CT molecular complexity index is 1090. The van der Waals surface area contributed by atoms with Crippen molar-refractivity contribution in [2.24, 2.45) is 0 Å². The summed E-state index contributed by atoms with van der Waals surface area (Å²) in [4.78, 5) is 12.4. The number of rotatable bonds is 6. The van der Waals surface area contributed by atoms with Crippen LogP contribution >= 0.6 is 0 Å². The van der Waals surface area contributed by atoms with Crippen molar-refractivity contribution in [1.82, 2.24) is 14.8 Å². The lowest BCUT2D eigenvalue weighted by molar-refractivity contribution is 0.102. The molecular weight excluding hydrogens is 371 g/mol. The molecule has 29 heavy (non-hydrogen) atoms. The van der Waals surface area contributed by atoms with Crippen LogP contribution in [0, 0.1) is 5.82 Å². The molecule has 0 aliphatic carbocycles. The predicted molar refractivity (Wildman–Crippen MR) is 106 cm³/mol. The van der Waals surface area contributed by atoms with Crippen molar-refractivity contribution >= 4 is 11.6 Å². The molecule has 4 rings (SSSR count). The number of aromatic nitrogens is 3.